The van der Waals surface area contributed by atoms with Crippen LogP contribution in [0, 0.1) is 3.57 Å². The highest BCUT2D eigenvalue weighted by Crippen LogP contribution is 2.33. The van der Waals surface area contributed by atoms with Crippen LogP contribution < -0.4 is 14.8 Å². The van der Waals surface area contributed by atoms with E-state index in [4.69, 9.17) is 9.47 Å². The summed E-state index contributed by atoms with van der Waals surface area (Å²) in [6.45, 7) is 5.48. The molecule has 108 valence electrons. The number of nitrogens with one attached hydrogen (secondary N) is 1. The molecule has 0 unspecified atom stereocenters. The second-order valence-corrected chi connectivity index (χ2v) is 5.37. The summed E-state index contributed by atoms with van der Waals surface area (Å²) in [7, 11) is 1.65. The largest absolute Gasteiger partial charge is 0.492 e. The standard InChI is InChI=1S/C14H22INO3/c1-4-11(9-17)16-8-10-6-12(15)14(18-3)13(7-10)19-5-2/h6-7,11,16-17H,4-5,8-9H2,1-3H3/t11-/m1/s1. The van der Waals surface area contributed by atoms with Gasteiger partial charge < -0.3 is 19.9 Å². The van der Waals surface area contributed by atoms with Gasteiger partial charge in [-0.1, -0.05) is 6.92 Å². The molecular weight excluding hydrogens is 357 g/mol. The zero-order valence-corrected chi connectivity index (χ0v) is 13.9. The number of aliphatic hydroxyl groups is 1. The number of benzene rings is 1. The van der Waals surface area contributed by atoms with Crippen LogP contribution in [-0.2, 0) is 6.54 Å². The number of rotatable bonds is 8. The molecule has 1 atom stereocenters. The first kappa shape index (κ1) is 16.5. The van der Waals surface area contributed by atoms with E-state index in [0.29, 0.717) is 13.2 Å². The lowest BCUT2D eigenvalue weighted by Gasteiger charge is -2.16. The van der Waals surface area contributed by atoms with E-state index >= 15 is 0 Å². The van der Waals surface area contributed by atoms with Crippen molar-refractivity contribution in [3.8, 4) is 11.5 Å². The van der Waals surface area contributed by atoms with Crippen LogP contribution in [0.5, 0.6) is 11.5 Å². The van der Waals surface area contributed by atoms with E-state index in [9.17, 15) is 5.11 Å². The quantitative estimate of drug-likeness (QED) is 0.682. The molecule has 4 nitrogen and oxygen atoms in total. The van der Waals surface area contributed by atoms with E-state index in [2.05, 4.69) is 40.9 Å². The number of hydrogen-bond acceptors (Lipinski definition) is 4. The zero-order chi connectivity index (χ0) is 14.3. The van der Waals surface area contributed by atoms with Crippen molar-refractivity contribution in [1.82, 2.24) is 5.32 Å². The molecule has 5 heteroatoms. The van der Waals surface area contributed by atoms with Crippen LogP contribution in [0.3, 0.4) is 0 Å². The predicted molar refractivity (Wildman–Crippen MR) is 84.9 cm³/mol. The van der Waals surface area contributed by atoms with Crippen molar-refractivity contribution >= 4 is 22.6 Å². The highest BCUT2D eigenvalue weighted by molar-refractivity contribution is 14.1. The molecule has 0 aliphatic heterocycles. The summed E-state index contributed by atoms with van der Waals surface area (Å²) in [5, 5.41) is 12.5. The normalized spacial score (nSPS) is 12.3. The van der Waals surface area contributed by atoms with Crippen molar-refractivity contribution in [2.75, 3.05) is 20.3 Å². The second-order valence-electron chi connectivity index (χ2n) is 4.21. The van der Waals surface area contributed by atoms with Gasteiger partial charge in [0.1, 0.15) is 0 Å². The molecule has 0 saturated carbocycles. The molecule has 0 fully saturated rings. The summed E-state index contributed by atoms with van der Waals surface area (Å²) in [5.41, 5.74) is 1.13. The fourth-order valence-electron chi connectivity index (χ4n) is 1.78. The van der Waals surface area contributed by atoms with Crippen molar-refractivity contribution in [1.29, 1.82) is 0 Å². The maximum Gasteiger partial charge on any atom is 0.174 e. The molecule has 1 aromatic carbocycles. The molecular formula is C14H22INO3. The van der Waals surface area contributed by atoms with Gasteiger partial charge in [0.25, 0.3) is 0 Å². The van der Waals surface area contributed by atoms with Crippen LogP contribution in [0.1, 0.15) is 25.8 Å². The van der Waals surface area contributed by atoms with Crippen molar-refractivity contribution in [2.45, 2.75) is 32.9 Å². The summed E-state index contributed by atoms with van der Waals surface area (Å²) < 4.78 is 12.0. The fraction of sp³-hybridized carbons (Fsp3) is 0.571. The van der Waals surface area contributed by atoms with Crippen LogP contribution in [0.15, 0.2) is 12.1 Å². The Hall–Kier alpha value is -0.530. The van der Waals surface area contributed by atoms with E-state index in [1.54, 1.807) is 7.11 Å². The van der Waals surface area contributed by atoms with Gasteiger partial charge in [-0.15, -0.1) is 0 Å². The Kier molecular flexibility index (Phi) is 7.48. The lowest BCUT2D eigenvalue weighted by molar-refractivity contribution is 0.238. The Morgan fingerprint density at radius 3 is 2.63 bits per heavy atom. The summed E-state index contributed by atoms with van der Waals surface area (Å²) in [4.78, 5) is 0. The van der Waals surface area contributed by atoms with Crippen molar-refractivity contribution in [3.63, 3.8) is 0 Å². The van der Waals surface area contributed by atoms with Gasteiger partial charge in [0, 0.05) is 12.6 Å². The second kappa shape index (κ2) is 8.60. The van der Waals surface area contributed by atoms with E-state index < -0.39 is 0 Å². The Bertz CT molecular complexity index is 395. The zero-order valence-electron chi connectivity index (χ0n) is 11.7. The topological polar surface area (TPSA) is 50.7 Å². The number of ether oxygens (including phenoxy) is 2. The average Bonchev–Trinajstić information content (AvgIpc) is 2.40. The maximum absolute atomic E-state index is 9.17. The molecule has 0 amide bonds. The summed E-state index contributed by atoms with van der Waals surface area (Å²) in [5.74, 6) is 1.55. The van der Waals surface area contributed by atoms with Gasteiger partial charge in [0.15, 0.2) is 11.5 Å². The number of methoxy groups -OCH3 is 1. The minimum Gasteiger partial charge on any atom is -0.492 e. The Labute approximate surface area is 128 Å². The molecule has 0 radical (unpaired) electrons. The first-order valence-corrected chi connectivity index (χ1v) is 7.57. The van der Waals surface area contributed by atoms with Crippen molar-refractivity contribution in [2.24, 2.45) is 0 Å². The molecule has 0 aliphatic rings. The van der Waals surface area contributed by atoms with Crippen LogP contribution >= 0.6 is 22.6 Å². The van der Waals surface area contributed by atoms with E-state index in [1.807, 2.05) is 13.0 Å². The van der Waals surface area contributed by atoms with E-state index in [0.717, 1.165) is 27.1 Å². The third kappa shape index (κ3) is 4.81. The van der Waals surface area contributed by atoms with E-state index in [-0.39, 0.29) is 12.6 Å². The van der Waals surface area contributed by atoms with Crippen LogP contribution in [0.2, 0.25) is 0 Å². The third-order valence-corrected chi connectivity index (χ3v) is 3.68. The summed E-state index contributed by atoms with van der Waals surface area (Å²) in [6, 6.07) is 4.19. The molecule has 0 spiro atoms. The highest BCUT2D eigenvalue weighted by Gasteiger charge is 2.12. The summed E-state index contributed by atoms with van der Waals surface area (Å²) >= 11 is 2.24. The van der Waals surface area contributed by atoms with Gasteiger partial charge >= 0.3 is 0 Å². The third-order valence-electron chi connectivity index (χ3n) is 2.88. The molecule has 0 saturated heterocycles. The predicted octanol–water partition coefficient (Wildman–Crippen LogP) is 2.56. The van der Waals surface area contributed by atoms with Crippen molar-refractivity contribution < 1.29 is 14.6 Å². The maximum atomic E-state index is 9.17. The molecule has 0 heterocycles. The van der Waals surface area contributed by atoms with Gasteiger partial charge in [0.05, 0.1) is 23.9 Å². The summed E-state index contributed by atoms with van der Waals surface area (Å²) in [6.07, 6.45) is 0.905. The Balaban J connectivity index is 2.84. The fourth-order valence-corrected chi connectivity index (χ4v) is 2.67. The Morgan fingerprint density at radius 1 is 1.37 bits per heavy atom. The van der Waals surface area contributed by atoms with Crippen molar-refractivity contribution in [3.05, 3.63) is 21.3 Å². The molecule has 0 aliphatic carbocycles. The lowest BCUT2D eigenvalue weighted by atomic mass is 10.1. The molecule has 19 heavy (non-hydrogen) atoms. The SMILES string of the molecule is CCOc1cc(CN[C@H](CC)CO)cc(I)c1OC. The molecule has 0 bridgehead atoms. The van der Waals surface area contributed by atoms with Gasteiger partial charge in [0.2, 0.25) is 0 Å². The van der Waals surface area contributed by atoms with Gasteiger partial charge in [-0.25, -0.2) is 0 Å². The van der Waals surface area contributed by atoms with Gasteiger partial charge in [-0.2, -0.15) is 0 Å². The molecule has 1 rings (SSSR count). The van der Waals surface area contributed by atoms with Gasteiger partial charge in [-0.05, 0) is 53.6 Å². The number of halogens is 1. The van der Waals surface area contributed by atoms with Gasteiger partial charge in [-0.3, -0.25) is 0 Å². The van der Waals surface area contributed by atoms with Crippen LogP contribution in [-0.4, -0.2) is 31.5 Å². The Morgan fingerprint density at radius 2 is 2.11 bits per heavy atom. The first-order valence-electron chi connectivity index (χ1n) is 6.49. The van der Waals surface area contributed by atoms with E-state index in [1.165, 1.54) is 0 Å². The average molecular weight is 379 g/mol. The minimum atomic E-state index is 0.135. The minimum absolute atomic E-state index is 0.135. The van der Waals surface area contributed by atoms with Crippen LogP contribution in [0.25, 0.3) is 0 Å². The lowest BCUT2D eigenvalue weighted by Crippen LogP contribution is -2.31. The first-order chi connectivity index (χ1) is 9.15. The van der Waals surface area contributed by atoms with Crippen LogP contribution in [0.4, 0.5) is 0 Å². The number of hydrogen-bond donors (Lipinski definition) is 2. The number of aliphatic hydroxyl groups excluding tert-OH is 1. The highest BCUT2D eigenvalue weighted by atomic mass is 127. The molecule has 2 N–H and O–H groups in total. The molecule has 1 aromatic rings. The monoisotopic (exact) mass is 379 g/mol. The smallest absolute Gasteiger partial charge is 0.174 e. The molecule has 0 aromatic heterocycles.